The van der Waals surface area contributed by atoms with E-state index in [9.17, 15) is 4.79 Å². The minimum absolute atomic E-state index is 0.120. The van der Waals surface area contributed by atoms with Crippen LogP contribution in [0.3, 0.4) is 0 Å². The van der Waals surface area contributed by atoms with Gasteiger partial charge in [-0.25, -0.2) is 0 Å². The van der Waals surface area contributed by atoms with Crippen molar-refractivity contribution in [3.05, 3.63) is 34.2 Å². The van der Waals surface area contributed by atoms with Crippen LogP contribution in [0.15, 0.2) is 29.3 Å². The predicted molar refractivity (Wildman–Crippen MR) is 51.9 cm³/mol. The maximum absolute atomic E-state index is 11.7. The molecule has 0 aromatic carbocycles. The SMILES string of the molecule is O=C(C1=COCCC1)c1cccs1. The number of Topliss-reactive ketones (excluding diaryl/α,β-unsaturated/α-hetero) is 1. The van der Waals surface area contributed by atoms with E-state index in [1.807, 2.05) is 17.5 Å². The summed E-state index contributed by atoms with van der Waals surface area (Å²) in [5.74, 6) is 0.120. The van der Waals surface area contributed by atoms with Crippen molar-refractivity contribution in [1.29, 1.82) is 0 Å². The largest absolute Gasteiger partial charge is 0.501 e. The highest BCUT2D eigenvalue weighted by Crippen LogP contribution is 2.20. The van der Waals surface area contributed by atoms with Gasteiger partial charge in [0.2, 0.25) is 5.78 Å². The Bertz CT molecular complexity index is 325. The molecule has 0 spiro atoms. The zero-order valence-corrected chi connectivity index (χ0v) is 7.97. The van der Waals surface area contributed by atoms with Gasteiger partial charge in [0.25, 0.3) is 0 Å². The van der Waals surface area contributed by atoms with E-state index < -0.39 is 0 Å². The van der Waals surface area contributed by atoms with Crippen LogP contribution in [0, 0.1) is 0 Å². The Labute approximate surface area is 80.8 Å². The fourth-order valence-corrected chi connectivity index (χ4v) is 2.00. The van der Waals surface area contributed by atoms with Crippen LogP contribution in [0.4, 0.5) is 0 Å². The molecule has 2 heterocycles. The lowest BCUT2D eigenvalue weighted by atomic mass is 10.1. The minimum atomic E-state index is 0.120. The molecule has 0 fully saturated rings. The van der Waals surface area contributed by atoms with E-state index in [0.717, 1.165) is 29.9 Å². The van der Waals surface area contributed by atoms with E-state index in [1.54, 1.807) is 6.26 Å². The summed E-state index contributed by atoms with van der Waals surface area (Å²) in [5.41, 5.74) is 0.800. The fraction of sp³-hybridized carbons (Fsp3) is 0.300. The third-order valence-corrected chi connectivity index (χ3v) is 2.84. The molecule has 13 heavy (non-hydrogen) atoms. The molecule has 2 nitrogen and oxygen atoms in total. The second-order valence-electron chi connectivity index (χ2n) is 2.92. The van der Waals surface area contributed by atoms with Gasteiger partial charge in [0.15, 0.2) is 0 Å². The van der Waals surface area contributed by atoms with Gasteiger partial charge in [-0.2, -0.15) is 0 Å². The second-order valence-corrected chi connectivity index (χ2v) is 3.87. The average Bonchev–Trinajstić information content (AvgIpc) is 2.71. The first kappa shape index (κ1) is 8.51. The smallest absolute Gasteiger partial charge is 0.201 e. The van der Waals surface area contributed by atoms with Crippen molar-refractivity contribution in [2.45, 2.75) is 12.8 Å². The molecule has 3 heteroatoms. The van der Waals surface area contributed by atoms with E-state index in [1.165, 1.54) is 11.3 Å². The first-order valence-corrected chi connectivity index (χ1v) is 5.15. The maximum Gasteiger partial charge on any atom is 0.201 e. The zero-order chi connectivity index (χ0) is 9.10. The van der Waals surface area contributed by atoms with Crippen molar-refractivity contribution in [3.8, 4) is 0 Å². The molecule has 1 aromatic heterocycles. The van der Waals surface area contributed by atoms with Gasteiger partial charge in [-0.3, -0.25) is 4.79 Å². The van der Waals surface area contributed by atoms with Crippen molar-refractivity contribution in [2.24, 2.45) is 0 Å². The Morgan fingerprint density at radius 3 is 3.08 bits per heavy atom. The van der Waals surface area contributed by atoms with Crippen LogP contribution in [0.25, 0.3) is 0 Å². The lowest BCUT2D eigenvalue weighted by Gasteiger charge is -2.11. The van der Waals surface area contributed by atoms with Gasteiger partial charge in [-0.15, -0.1) is 11.3 Å². The van der Waals surface area contributed by atoms with Crippen molar-refractivity contribution in [3.63, 3.8) is 0 Å². The quantitative estimate of drug-likeness (QED) is 0.676. The standard InChI is InChI=1S/C10H10O2S/c11-10(9-4-2-6-13-9)8-3-1-5-12-7-8/h2,4,6-7H,1,3,5H2. The van der Waals surface area contributed by atoms with Crippen LogP contribution in [0.5, 0.6) is 0 Å². The molecular formula is C10H10O2S. The Hall–Kier alpha value is -1.09. The lowest BCUT2D eigenvalue weighted by molar-refractivity contribution is 0.101. The monoisotopic (exact) mass is 194 g/mol. The number of ether oxygens (including phenoxy) is 1. The maximum atomic E-state index is 11.7. The molecule has 0 saturated carbocycles. The summed E-state index contributed by atoms with van der Waals surface area (Å²) in [6, 6.07) is 3.74. The number of ketones is 1. The van der Waals surface area contributed by atoms with Crippen molar-refractivity contribution in [2.75, 3.05) is 6.61 Å². The molecule has 1 aromatic rings. The molecule has 0 N–H and O–H groups in total. The van der Waals surface area contributed by atoms with Crippen LogP contribution < -0.4 is 0 Å². The average molecular weight is 194 g/mol. The van der Waals surface area contributed by atoms with Crippen molar-refractivity contribution < 1.29 is 9.53 Å². The first-order chi connectivity index (χ1) is 6.38. The van der Waals surface area contributed by atoms with Crippen molar-refractivity contribution in [1.82, 2.24) is 0 Å². The third-order valence-electron chi connectivity index (χ3n) is 1.97. The van der Waals surface area contributed by atoms with Gasteiger partial charge in [0.05, 0.1) is 17.7 Å². The lowest BCUT2D eigenvalue weighted by Crippen LogP contribution is -2.07. The van der Waals surface area contributed by atoms with E-state index in [4.69, 9.17) is 4.74 Å². The Kier molecular flexibility index (Phi) is 2.45. The van der Waals surface area contributed by atoms with E-state index in [2.05, 4.69) is 0 Å². The van der Waals surface area contributed by atoms with Gasteiger partial charge in [-0.1, -0.05) is 6.07 Å². The highest BCUT2D eigenvalue weighted by atomic mass is 32.1. The van der Waals surface area contributed by atoms with Crippen LogP contribution in [0.2, 0.25) is 0 Å². The Balaban J connectivity index is 2.17. The molecule has 0 saturated heterocycles. The molecule has 68 valence electrons. The summed E-state index contributed by atoms with van der Waals surface area (Å²) in [5, 5.41) is 1.91. The van der Waals surface area contributed by atoms with Crippen LogP contribution in [0.1, 0.15) is 22.5 Å². The molecule has 2 rings (SSSR count). The van der Waals surface area contributed by atoms with Gasteiger partial charge < -0.3 is 4.74 Å². The van der Waals surface area contributed by atoms with E-state index in [-0.39, 0.29) is 5.78 Å². The molecule has 1 aliphatic heterocycles. The second kappa shape index (κ2) is 3.75. The van der Waals surface area contributed by atoms with E-state index >= 15 is 0 Å². The topological polar surface area (TPSA) is 26.3 Å². The van der Waals surface area contributed by atoms with Crippen LogP contribution in [-0.4, -0.2) is 12.4 Å². The summed E-state index contributed by atoms with van der Waals surface area (Å²) in [7, 11) is 0. The summed E-state index contributed by atoms with van der Waals surface area (Å²) in [6.07, 6.45) is 3.39. The van der Waals surface area contributed by atoms with Crippen LogP contribution in [-0.2, 0) is 4.74 Å². The number of hydrogen-bond acceptors (Lipinski definition) is 3. The molecular weight excluding hydrogens is 184 g/mol. The molecule has 0 atom stereocenters. The number of hydrogen-bond donors (Lipinski definition) is 0. The minimum Gasteiger partial charge on any atom is -0.501 e. The Morgan fingerprint density at radius 2 is 2.46 bits per heavy atom. The first-order valence-electron chi connectivity index (χ1n) is 4.27. The molecule has 0 radical (unpaired) electrons. The number of rotatable bonds is 2. The summed E-state index contributed by atoms with van der Waals surface area (Å²) >= 11 is 1.48. The highest BCUT2D eigenvalue weighted by molar-refractivity contribution is 7.12. The third kappa shape index (κ3) is 1.80. The highest BCUT2D eigenvalue weighted by Gasteiger charge is 2.15. The van der Waals surface area contributed by atoms with Crippen LogP contribution >= 0.6 is 11.3 Å². The zero-order valence-electron chi connectivity index (χ0n) is 7.16. The number of carbonyl (C=O) groups is 1. The molecule has 0 aliphatic carbocycles. The van der Waals surface area contributed by atoms with Gasteiger partial charge >= 0.3 is 0 Å². The predicted octanol–water partition coefficient (Wildman–Crippen LogP) is 2.63. The molecule has 0 unspecified atom stereocenters. The fourth-order valence-electron chi connectivity index (χ4n) is 1.30. The van der Waals surface area contributed by atoms with Gasteiger partial charge in [0, 0.05) is 5.57 Å². The summed E-state index contributed by atoms with van der Waals surface area (Å²) in [4.78, 5) is 12.5. The van der Waals surface area contributed by atoms with Gasteiger partial charge in [0.1, 0.15) is 0 Å². The normalized spacial score (nSPS) is 16.2. The van der Waals surface area contributed by atoms with Gasteiger partial charge in [-0.05, 0) is 24.3 Å². The summed E-state index contributed by atoms with van der Waals surface area (Å²) < 4.78 is 5.12. The number of thiophene rings is 1. The molecule has 1 aliphatic rings. The molecule has 0 bridgehead atoms. The molecule has 0 amide bonds. The van der Waals surface area contributed by atoms with E-state index in [0.29, 0.717) is 0 Å². The van der Waals surface area contributed by atoms with Crippen molar-refractivity contribution >= 4 is 17.1 Å². The number of allylic oxidation sites excluding steroid dienone is 1. The Morgan fingerprint density at radius 1 is 1.54 bits per heavy atom. The number of carbonyl (C=O) groups excluding carboxylic acids is 1. The summed E-state index contributed by atoms with van der Waals surface area (Å²) in [6.45, 7) is 0.737.